The molecule has 15 heteroatoms. The Bertz CT molecular complexity index is 1870. The molecule has 2 aliphatic heterocycles. The maximum absolute atomic E-state index is 13.3. The van der Waals surface area contributed by atoms with Crippen molar-refractivity contribution < 1.29 is 47.7 Å². The number of Topliss-reactive ketones (excluding diaryl/α,β-unsaturated/α-hetero) is 1. The Morgan fingerprint density at radius 1 is 1.04 bits per heavy atom. The third-order valence-electron chi connectivity index (χ3n) is 8.40. The molecule has 0 bridgehead atoms. The summed E-state index contributed by atoms with van der Waals surface area (Å²) in [7, 11) is 0. The molecule has 2 aromatic carbocycles. The fourth-order valence-electron chi connectivity index (χ4n) is 6.05. The summed E-state index contributed by atoms with van der Waals surface area (Å²) in [6.45, 7) is 5.75. The van der Waals surface area contributed by atoms with Crippen LogP contribution in [0.4, 0.5) is 0 Å². The van der Waals surface area contributed by atoms with Gasteiger partial charge in [0.25, 0.3) is 5.91 Å². The summed E-state index contributed by atoms with van der Waals surface area (Å²) in [5, 5.41) is 15.9. The number of rotatable bonds is 13. The molecule has 3 aromatic rings. The number of likely N-dealkylation sites (tertiary alicyclic amines) is 1. The Morgan fingerprint density at radius 3 is 2.50 bits per heavy atom. The lowest BCUT2D eigenvalue weighted by molar-refractivity contribution is -0.142. The van der Waals surface area contributed by atoms with Crippen LogP contribution in [-0.2, 0) is 24.0 Å². The summed E-state index contributed by atoms with van der Waals surface area (Å²) in [4.78, 5) is 77.8. The number of nitrogens with two attached hydrogens (primary N) is 1. The minimum Gasteiger partial charge on any atom is -0.507 e. The first-order chi connectivity index (χ1) is 23.8. The zero-order valence-electron chi connectivity index (χ0n) is 28.0. The molecule has 266 valence electrons. The van der Waals surface area contributed by atoms with Gasteiger partial charge in [0, 0.05) is 18.7 Å². The van der Waals surface area contributed by atoms with Gasteiger partial charge in [0.2, 0.25) is 23.2 Å². The molecule has 2 aliphatic rings. The highest BCUT2D eigenvalue weighted by atomic mass is 16.6. The average Bonchev–Trinajstić information content (AvgIpc) is 3.56. The van der Waals surface area contributed by atoms with Crippen molar-refractivity contribution in [1.29, 1.82) is 0 Å². The van der Waals surface area contributed by atoms with E-state index in [-0.39, 0.29) is 34.7 Å². The number of carbonyl (C=O) groups excluding carboxylic acids is 5. The Balaban J connectivity index is 1.19. The second-order valence-electron chi connectivity index (χ2n) is 12.7. The number of nitrogens with zero attached hydrogens (tertiary/aromatic N) is 1. The maximum atomic E-state index is 13.3. The van der Waals surface area contributed by atoms with Gasteiger partial charge in [0.15, 0.2) is 23.9 Å². The predicted molar refractivity (Wildman–Crippen MR) is 179 cm³/mol. The molecule has 15 nitrogen and oxygen atoms in total. The number of ether oxygens (including phenoxy) is 3. The maximum Gasteiger partial charge on any atom is 0.258 e. The molecule has 3 heterocycles. The van der Waals surface area contributed by atoms with E-state index in [1.54, 1.807) is 18.2 Å². The van der Waals surface area contributed by atoms with Crippen LogP contribution in [0.1, 0.15) is 46.5 Å². The van der Waals surface area contributed by atoms with Crippen molar-refractivity contribution in [2.75, 3.05) is 26.4 Å². The number of amides is 4. The van der Waals surface area contributed by atoms with E-state index in [2.05, 4.69) is 10.6 Å². The van der Waals surface area contributed by atoms with Gasteiger partial charge in [0.1, 0.15) is 54.0 Å². The fraction of sp³-hybridized carbons (Fsp3) is 0.429. The lowest BCUT2D eigenvalue weighted by Crippen LogP contribution is -2.55. The number of benzene rings is 2. The lowest BCUT2D eigenvalue weighted by Gasteiger charge is -2.29. The van der Waals surface area contributed by atoms with Crippen molar-refractivity contribution in [3.63, 3.8) is 0 Å². The van der Waals surface area contributed by atoms with Gasteiger partial charge < -0.3 is 45.0 Å². The van der Waals surface area contributed by atoms with Crippen LogP contribution in [0.25, 0.3) is 22.1 Å². The van der Waals surface area contributed by atoms with Gasteiger partial charge in [-0.2, -0.15) is 0 Å². The van der Waals surface area contributed by atoms with Gasteiger partial charge in [-0.3, -0.25) is 28.8 Å². The van der Waals surface area contributed by atoms with Crippen LogP contribution in [0.3, 0.4) is 0 Å². The normalized spacial score (nSPS) is 16.5. The summed E-state index contributed by atoms with van der Waals surface area (Å²) in [6, 6.07) is 4.76. The topological polar surface area (TPSA) is 217 Å². The smallest absolute Gasteiger partial charge is 0.258 e. The zero-order chi connectivity index (χ0) is 36.1. The lowest BCUT2D eigenvalue weighted by atomic mass is 9.98. The Morgan fingerprint density at radius 2 is 1.78 bits per heavy atom. The molecule has 0 aliphatic carbocycles. The summed E-state index contributed by atoms with van der Waals surface area (Å²) >= 11 is 0. The summed E-state index contributed by atoms with van der Waals surface area (Å²) in [5.74, 6) is -2.27. The minimum absolute atomic E-state index is 0.0283. The highest BCUT2D eigenvalue weighted by molar-refractivity contribution is 6.02. The van der Waals surface area contributed by atoms with Crippen LogP contribution in [0.5, 0.6) is 23.0 Å². The number of fused-ring (bicyclic) bond motifs is 2. The summed E-state index contributed by atoms with van der Waals surface area (Å²) in [6.07, 6.45) is 1.95. The Hall–Kier alpha value is -5.60. The monoisotopic (exact) mass is 692 g/mol. The Kier molecular flexibility index (Phi) is 10.9. The zero-order valence-corrected chi connectivity index (χ0v) is 28.0. The van der Waals surface area contributed by atoms with Crippen molar-refractivity contribution in [3.8, 4) is 34.1 Å². The number of carbonyl (C=O) groups is 5. The predicted octanol–water partition coefficient (Wildman–Crippen LogP) is 1.79. The van der Waals surface area contributed by atoms with E-state index in [1.807, 2.05) is 13.8 Å². The van der Waals surface area contributed by atoms with E-state index in [0.29, 0.717) is 49.5 Å². The summed E-state index contributed by atoms with van der Waals surface area (Å²) in [5.41, 5.74) is 5.42. The van der Waals surface area contributed by atoms with Crippen LogP contribution >= 0.6 is 0 Å². The quantitative estimate of drug-likeness (QED) is 0.189. The van der Waals surface area contributed by atoms with E-state index in [9.17, 15) is 33.9 Å². The molecular formula is C35H40N4O11. The minimum atomic E-state index is -1.02. The van der Waals surface area contributed by atoms with Crippen molar-refractivity contribution in [2.24, 2.45) is 11.7 Å². The SMILES string of the molecule is CC(C)C[C@H](NC(=O)[C@H]1CCCN1C(=O)[C@@H](C)NC(=O)COc1cc(O)c2c(=O)c(-c3ccc4c(c3)OCCO4)coc2c1)C(=O)CC(N)=O. The fourth-order valence-corrected chi connectivity index (χ4v) is 6.05. The van der Waals surface area contributed by atoms with Gasteiger partial charge in [-0.25, -0.2) is 0 Å². The third-order valence-corrected chi connectivity index (χ3v) is 8.40. The number of nitrogens with one attached hydrogen (secondary N) is 2. The third kappa shape index (κ3) is 8.15. The highest BCUT2D eigenvalue weighted by Gasteiger charge is 2.38. The van der Waals surface area contributed by atoms with E-state index >= 15 is 0 Å². The second kappa shape index (κ2) is 15.3. The van der Waals surface area contributed by atoms with Crippen LogP contribution in [0, 0.1) is 5.92 Å². The van der Waals surface area contributed by atoms with Gasteiger partial charge >= 0.3 is 0 Å². The number of aromatic hydroxyl groups is 1. The van der Waals surface area contributed by atoms with E-state index in [0.717, 1.165) is 0 Å². The van der Waals surface area contributed by atoms with Crippen LogP contribution in [0.2, 0.25) is 0 Å². The molecule has 0 spiro atoms. The van der Waals surface area contributed by atoms with Gasteiger partial charge in [-0.15, -0.1) is 0 Å². The molecule has 5 rings (SSSR count). The number of ketones is 1. The first-order valence-corrected chi connectivity index (χ1v) is 16.3. The molecule has 0 radical (unpaired) electrons. The van der Waals surface area contributed by atoms with Crippen LogP contribution < -0.4 is 36.0 Å². The molecule has 50 heavy (non-hydrogen) atoms. The average molecular weight is 693 g/mol. The van der Waals surface area contributed by atoms with Crippen LogP contribution in [-0.4, -0.2) is 83.9 Å². The van der Waals surface area contributed by atoms with Gasteiger partial charge in [0.05, 0.1) is 18.0 Å². The number of phenols is 1. The Labute approximate surface area is 287 Å². The van der Waals surface area contributed by atoms with E-state index < -0.39 is 71.7 Å². The number of phenolic OH excluding ortho intramolecular Hbond substituents is 1. The molecule has 1 aromatic heterocycles. The summed E-state index contributed by atoms with van der Waals surface area (Å²) < 4.78 is 22.3. The first kappa shape index (κ1) is 35.7. The number of hydrogen-bond donors (Lipinski definition) is 4. The number of primary amides is 1. The van der Waals surface area contributed by atoms with Gasteiger partial charge in [-0.05, 0) is 49.8 Å². The highest BCUT2D eigenvalue weighted by Crippen LogP contribution is 2.35. The first-order valence-electron chi connectivity index (χ1n) is 16.3. The number of hydrogen-bond acceptors (Lipinski definition) is 11. The van der Waals surface area contributed by atoms with E-state index in [1.165, 1.54) is 30.2 Å². The largest absolute Gasteiger partial charge is 0.507 e. The molecule has 1 saturated heterocycles. The second-order valence-corrected chi connectivity index (χ2v) is 12.7. The molecule has 0 saturated carbocycles. The van der Waals surface area contributed by atoms with Crippen molar-refractivity contribution in [1.82, 2.24) is 15.5 Å². The van der Waals surface area contributed by atoms with Crippen molar-refractivity contribution in [2.45, 2.75) is 64.6 Å². The van der Waals surface area contributed by atoms with Crippen molar-refractivity contribution >= 4 is 40.4 Å². The molecule has 5 N–H and O–H groups in total. The standard InChI is InChI=1S/C35H40N4O11/c1-18(2)11-23(25(40)15-30(36)42)38-34(45)24-5-4-8-39(24)35(46)19(3)37-31(43)17-49-21-13-26(41)32-29(14-21)50-16-22(33(32)44)20-6-7-27-28(12-20)48-10-9-47-27/h6-7,12-14,16,18-19,23-24,41H,4-5,8-11,15,17H2,1-3H3,(H2,36,42)(H,37,43)(H,38,45)/t19-,23+,24-/m1/s1. The molecule has 0 unspecified atom stereocenters. The molecule has 4 amide bonds. The van der Waals surface area contributed by atoms with Crippen LogP contribution in [0.15, 0.2) is 45.8 Å². The van der Waals surface area contributed by atoms with E-state index in [4.69, 9.17) is 24.4 Å². The molecule has 3 atom stereocenters. The van der Waals surface area contributed by atoms with Gasteiger partial charge in [-0.1, -0.05) is 19.9 Å². The van der Waals surface area contributed by atoms with Crippen molar-refractivity contribution in [3.05, 3.63) is 46.8 Å². The molecular weight excluding hydrogens is 652 g/mol. The molecule has 1 fully saturated rings.